The SMILES string of the molecule is CC(C)(C)OC(=O)N1CC[C@@H](OCCCCC(CCc2cccnc2Cl)N[S@](=O)C(C)(C)C)C1.CC(C)(C)OC(=O)N1CC[C@@H](OCCCCC2CCc3cccnc3N2[S@](=O)C(C)(C)C)C1. The number of pyridine rings is 2. The van der Waals surface area contributed by atoms with Gasteiger partial charge in [0.15, 0.2) is 0 Å². The third kappa shape index (κ3) is 19.8. The smallest absolute Gasteiger partial charge is 0.410 e. The van der Waals surface area contributed by atoms with Gasteiger partial charge in [-0.15, -0.1) is 0 Å². The van der Waals surface area contributed by atoms with Crippen LogP contribution in [0.15, 0.2) is 36.7 Å². The second-order valence-corrected chi connectivity index (χ2v) is 26.4. The van der Waals surface area contributed by atoms with Gasteiger partial charge in [0.05, 0.1) is 45.8 Å². The Morgan fingerprint density at radius 2 is 1.30 bits per heavy atom. The lowest BCUT2D eigenvalue weighted by Gasteiger charge is -2.40. The first-order valence-corrected chi connectivity index (χ1v) is 27.1. The normalized spacial score (nSPS) is 20.4. The summed E-state index contributed by atoms with van der Waals surface area (Å²) in [5, 5.41) is 0.531. The molecule has 2 fully saturated rings. The Morgan fingerprint density at radius 1 is 0.746 bits per heavy atom. The standard InChI is InChI=1S/C25H42ClN3O4S.C25H41N3O4S/c1-24(2,3)33-23(30)29-16-14-21(18-29)32-17-8-7-11-20(28-34(31)25(4,5)6)13-12-19-10-9-15-27-22(19)26;1-24(2,3)32-23(29)27-16-14-21(18-27)31-17-8-7-11-20-13-12-19-10-9-15-26-22(19)28(20)33(30)25(4,5)6/h9-10,15,20-21,28H,7-8,11-14,16-18H2,1-6H3;9-10,15,20-21H,7-8,11-14,16-18H2,1-6H3/t20?,21-,34-;20?,21-,33-/m11/s1. The second-order valence-electron chi connectivity index (χ2n) is 22.0. The molecule has 0 aliphatic carbocycles. The number of nitrogens with one attached hydrogen (secondary N) is 1. The Labute approximate surface area is 412 Å². The van der Waals surface area contributed by atoms with Crippen molar-refractivity contribution in [2.24, 2.45) is 0 Å². The molecule has 0 radical (unpaired) electrons. The second kappa shape index (κ2) is 25.8. The number of aromatic nitrogens is 2. The van der Waals surface area contributed by atoms with Crippen LogP contribution in [0.1, 0.15) is 158 Å². The third-order valence-electron chi connectivity index (χ3n) is 11.5. The van der Waals surface area contributed by atoms with Crippen molar-refractivity contribution in [2.45, 2.75) is 205 Å². The summed E-state index contributed by atoms with van der Waals surface area (Å²) in [5.74, 6) is 0.881. The molecular weight excluding hydrogens is 912 g/mol. The number of halogens is 1. The first kappa shape index (κ1) is 56.7. The minimum Gasteiger partial charge on any atom is -0.444 e. The summed E-state index contributed by atoms with van der Waals surface area (Å²) in [4.78, 5) is 36.6. The van der Waals surface area contributed by atoms with E-state index in [1.165, 1.54) is 5.56 Å². The number of likely N-dealkylation sites (tertiary alicyclic amines) is 2. The van der Waals surface area contributed by atoms with Gasteiger partial charge in [-0.25, -0.2) is 32.7 Å². The first-order valence-electron chi connectivity index (χ1n) is 24.4. The van der Waals surface area contributed by atoms with E-state index in [2.05, 4.69) is 25.1 Å². The molecule has 0 aromatic carbocycles. The highest BCUT2D eigenvalue weighted by Crippen LogP contribution is 2.35. The summed E-state index contributed by atoms with van der Waals surface area (Å²) >= 11 is 6.21. The molecule has 0 spiro atoms. The Bertz CT molecular complexity index is 1920. The van der Waals surface area contributed by atoms with E-state index in [-0.39, 0.29) is 46.0 Å². The molecule has 2 saturated heterocycles. The minimum atomic E-state index is -1.15. The number of ether oxygens (including phenoxy) is 4. The predicted octanol–water partition coefficient (Wildman–Crippen LogP) is 10.1. The largest absolute Gasteiger partial charge is 0.444 e. The van der Waals surface area contributed by atoms with Gasteiger partial charge in [-0.05, 0) is 183 Å². The fraction of sp³-hybridized carbons (Fsp3) is 0.760. The highest BCUT2D eigenvalue weighted by Gasteiger charge is 2.37. The van der Waals surface area contributed by atoms with Crippen molar-refractivity contribution < 1.29 is 37.0 Å². The van der Waals surface area contributed by atoms with Crippen LogP contribution in [0.3, 0.4) is 0 Å². The average Bonchev–Trinajstić information content (AvgIpc) is 3.92. The summed E-state index contributed by atoms with van der Waals surface area (Å²) < 4.78 is 53.7. The molecule has 2 unspecified atom stereocenters. The molecule has 2 amide bonds. The number of rotatable bonds is 18. The van der Waals surface area contributed by atoms with Gasteiger partial charge in [0.2, 0.25) is 0 Å². The molecular formula is C50H83ClN6O8S2. The van der Waals surface area contributed by atoms with Crippen LogP contribution in [0, 0.1) is 0 Å². The number of anilines is 1. The van der Waals surface area contributed by atoms with Crippen LogP contribution in [-0.2, 0) is 53.8 Å². The maximum atomic E-state index is 13.4. The predicted molar refractivity (Wildman–Crippen MR) is 271 cm³/mol. The lowest BCUT2D eigenvalue weighted by Crippen LogP contribution is -2.47. The topological polar surface area (TPSA) is 153 Å². The zero-order valence-corrected chi connectivity index (χ0v) is 45.1. The number of amides is 2. The van der Waals surface area contributed by atoms with E-state index in [4.69, 9.17) is 30.5 Å². The quantitative estimate of drug-likeness (QED) is 0.113. The van der Waals surface area contributed by atoms with Crippen molar-refractivity contribution in [3.8, 4) is 0 Å². The number of carbonyl (C=O) groups is 2. The van der Waals surface area contributed by atoms with Gasteiger partial charge in [0, 0.05) is 50.8 Å². The lowest BCUT2D eigenvalue weighted by atomic mass is 9.97. The molecule has 17 heteroatoms. The van der Waals surface area contributed by atoms with Gasteiger partial charge in [-0.1, -0.05) is 23.7 Å². The fourth-order valence-electron chi connectivity index (χ4n) is 7.92. The molecule has 67 heavy (non-hydrogen) atoms. The van der Waals surface area contributed by atoms with Gasteiger partial charge in [0.1, 0.15) is 33.2 Å². The van der Waals surface area contributed by atoms with E-state index in [1.54, 1.807) is 22.2 Å². The van der Waals surface area contributed by atoms with E-state index in [0.29, 0.717) is 44.5 Å². The molecule has 6 atom stereocenters. The zero-order chi connectivity index (χ0) is 49.6. The summed E-state index contributed by atoms with van der Waals surface area (Å²) in [6, 6.07) is 8.28. The summed E-state index contributed by atoms with van der Waals surface area (Å²) in [5.41, 5.74) is 1.23. The summed E-state index contributed by atoms with van der Waals surface area (Å²) in [7, 11) is -2.29. The van der Waals surface area contributed by atoms with E-state index >= 15 is 0 Å². The molecule has 2 aromatic rings. The van der Waals surface area contributed by atoms with Gasteiger partial charge in [-0.2, -0.15) is 0 Å². The number of hydrogen-bond acceptors (Lipinski definition) is 10. The Kier molecular flexibility index (Phi) is 21.8. The highest BCUT2D eigenvalue weighted by atomic mass is 35.5. The molecule has 5 rings (SSSR count). The number of nitrogens with zero attached hydrogens (tertiary/aromatic N) is 5. The fourth-order valence-corrected chi connectivity index (χ4v) is 10.4. The lowest BCUT2D eigenvalue weighted by molar-refractivity contribution is 0.0200. The van der Waals surface area contributed by atoms with Gasteiger partial charge in [0.25, 0.3) is 0 Å². The summed E-state index contributed by atoms with van der Waals surface area (Å²) in [6.07, 6.45) is 14.1. The van der Waals surface area contributed by atoms with Crippen molar-refractivity contribution >= 4 is 51.6 Å². The Balaban J connectivity index is 0.000000293. The summed E-state index contributed by atoms with van der Waals surface area (Å²) in [6.45, 7) is 27.1. The minimum absolute atomic E-state index is 0.0579. The third-order valence-corrected chi connectivity index (χ3v) is 15.3. The van der Waals surface area contributed by atoms with E-state index in [0.717, 1.165) is 88.4 Å². The number of carbonyl (C=O) groups excluding carboxylic acids is 2. The molecule has 0 bridgehead atoms. The molecule has 1 N–H and O–H groups in total. The molecule has 380 valence electrons. The zero-order valence-electron chi connectivity index (χ0n) is 42.7. The molecule has 2 aromatic heterocycles. The average molecular weight is 996 g/mol. The van der Waals surface area contributed by atoms with Crippen molar-refractivity contribution in [2.75, 3.05) is 43.7 Å². The van der Waals surface area contributed by atoms with E-state index < -0.39 is 33.2 Å². The van der Waals surface area contributed by atoms with E-state index in [1.807, 2.05) is 101 Å². The molecule has 3 aliphatic heterocycles. The molecule has 3 aliphatic rings. The number of fused-ring (bicyclic) bond motifs is 1. The maximum Gasteiger partial charge on any atom is 0.410 e. The Hall–Kier alpha value is -2.89. The highest BCUT2D eigenvalue weighted by molar-refractivity contribution is 7.87. The van der Waals surface area contributed by atoms with Crippen LogP contribution in [-0.4, -0.2) is 125 Å². The maximum absolute atomic E-state index is 13.4. The number of aryl methyl sites for hydroxylation is 2. The van der Waals surface area contributed by atoms with Crippen molar-refractivity contribution in [1.82, 2.24) is 24.5 Å². The van der Waals surface area contributed by atoms with Crippen LogP contribution in [0.5, 0.6) is 0 Å². The van der Waals surface area contributed by atoms with Gasteiger partial charge < -0.3 is 28.7 Å². The van der Waals surface area contributed by atoms with Crippen LogP contribution in [0.4, 0.5) is 15.4 Å². The van der Waals surface area contributed by atoms with Crippen molar-refractivity contribution in [3.05, 3.63) is 52.9 Å². The van der Waals surface area contributed by atoms with Gasteiger partial charge in [-0.3, -0.25) is 4.31 Å². The van der Waals surface area contributed by atoms with Crippen LogP contribution < -0.4 is 9.03 Å². The van der Waals surface area contributed by atoms with Crippen molar-refractivity contribution in [1.29, 1.82) is 0 Å². The van der Waals surface area contributed by atoms with E-state index in [9.17, 15) is 18.0 Å². The van der Waals surface area contributed by atoms with Crippen LogP contribution in [0.25, 0.3) is 0 Å². The van der Waals surface area contributed by atoms with Crippen LogP contribution >= 0.6 is 11.6 Å². The number of hydrogen-bond donors (Lipinski definition) is 1. The van der Waals surface area contributed by atoms with Crippen LogP contribution in [0.2, 0.25) is 5.15 Å². The monoisotopic (exact) mass is 995 g/mol. The number of unbranched alkanes of at least 4 members (excludes halogenated alkanes) is 2. The molecule has 14 nitrogen and oxygen atoms in total. The molecule has 5 heterocycles. The van der Waals surface area contributed by atoms with Crippen molar-refractivity contribution in [3.63, 3.8) is 0 Å². The molecule has 0 saturated carbocycles. The van der Waals surface area contributed by atoms with Gasteiger partial charge >= 0.3 is 12.2 Å². The Morgan fingerprint density at radius 3 is 1.84 bits per heavy atom. The first-order chi connectivity index (χ1) is 31.3.